The van der Waals surface area contributed by atoms with Crippen molar-refractivity contribution >= 4 is 11.7 Å². The molecule has 0 spiro atoms. The number of hydrogen-bond donors (Lipinski definition) is 2. The van der Waals surface area contributed by atoms with Crippen molar-refractivity contribution in [1.82, 2.24) is 15.2 Å². The first kappa shape index (κ1) is 24.2. The number of carbonyl (C=O) groups is 1. The second-order valence-corrected chi connectivity index (χ2v) is 10.1. The van der Waals surface area contributed by atoms with Gasteiger partial charge in [0, 0.05) is 37.9 Å². The van der Waals surface area contributed by atoms with Gasteiger partial charge in [0.25, 0.3) is 5.91 Å². The molecule has 0 atom stereocenters. The van der Waals surface area contributed by atoms with E-state index in [9.17, 15) is 4.79 Å². The number of aromatic nitrogens is 1. The molecule has 5 heteroatoms. The zero-order chi connectivity index (χ0) is 23.3. The molecule has 0 bridgehead atoms. The lowest BCUT2D eigenvalue weighted by atomic mass is 9.92. The van der Waals surface area contributed by atoms with Crippen molar-refractivity contribution in [3.63, 3.8) is 0 Å². The highest BCUT2D eigenvalue weighted by Gasteiger charge is 2.22. The van der Waals surface area contributed by atoms with Crippen molar-refractivity contribution in [2.75, 3.05) is 18.4 Å². The van der Waals surface area contributed by atoms with Crippen molar-refractivity contribution in [3.8, 4) is 0 Å². The van der Waals surface area contributed by atoms with Gasteiger partial charge in [0.05, 0.1) is 5.56 Å². The van der Waals surface area contributed by atoms with Crippen molar-refractivity contribution in [2.45, 2.75) is 84.8 Å². The van der Waals surface area contributed by atoms with E-state index in [0.717, 1.165) is 38.3 Å². The topological polar surface area (TPSA) is 57.3 Å². The van der Waals surface area contributed by atoms with Gasteiger partial charge < -0.3 is 10.6 Å². The van der Waals surface area contributed by atoms with E-state index in [-0.39, 0.29) is 11.9 Å². The third-order valence-electron chi connectivity index (χ3n) is 6.16. The maximum absolute atomic E-state index is 12.6. The first-order valence-electron chi connectivity index (χ1n) is 12.1. The van der Waals surface area contributed by atoms with Crippen LogP contribution in [-0.2, 0) is 6.54 Å². The van der Waals surface area contributed by atoms with Crippen LogP contribution in [0.4, 0.5) is 5.82 Å². The predicted octanol–water partition coefficient (Wildman–Crippen LogP) is 5.54. The van der Waals surface area contributed by atoms with Crippen LogP contribution in [0, 0.1) is 0 Å². The van der Waals surface area contributed by atoms with Crippen LogP contribution in [0.2, 0.25) is 0 Å². The molecule has 3 rings (SSSR count). The van der Waals surface area contributed by atoms with Crippen LogP contribution in [-0.4, -0.2) is 41.0 Å². The Morgan fingerprint density at radius 3 is 2.12 bits per heavy atom. The zero-order valence-corrected chi connectivity index (χ0v) is 20.6. The average Bonchev–Trinajstić information content (AvgIpc) is 2.75. The Balaban J connectivity index is 1.52. The lowest BCUT2D eigenvalue weighted by Gasteiger charge is -2.32. The van der Waals surface area contributed by atoms with Gasteiger partial charge in [-0.15, -0.1) is 0 Å². The van der Waals surface area contributed by atoms with Crippen molar-refractivity contribution in [3.05, 3.63) is 58.8 Å². The van der Waals surface area contributed by atoms with E-state index in [2.05, 4.69) is 80.3 Å². The number of hydrogen-bond acceptors (Lipinski definition) is 4. The van der Waals surface area contributed by atoms with Gasteiger partial charge in [-0.3, -0.25) is 9.69 Å². The summed E-state index contributed by atoms with van der Waals surface area (Å²) in [6.07, 6.45) is 3.61. The van der Waals surface area contributed by atoms with Crippen molar-refractivity contribution in [1.29, 1.82) is 0 Å². The molecule has 2 aromatic rings. The molecule has 174 valence electrons. The molecule has 2 heterocycles. The second kappa shape index (κ2) is 11.0. The second-order valence-electron chi connectivity index (χ2n) is 10.1. The molecule has 1 aromatic carbocycles. The average molecular weight is 437 g/mol. The Bertz CT molecular complexity index is 855. The van der Waals surface area contributed by atoms with E-state index in [4.69, 9.17) is 0 Å². The van der Waals surface area contributed by atoms with Gasteiger partial charge in [-0.1, -0.05) is 45.9 Å². The lowest BCUT2D eigenvalue weighted by Crippen LogP contribution is -2.44. The molecule has 1 amide bonds. The number of nitrogens with zero attached hydrogens (tertiary/aromatic N) is 2. The molecule has 0 aliphatic carbocycles. The number of benzene rings is 1. The normalized spacial score (nSPS) is 15.5. The molecule has 1 aromatic heterocycles. The summed E-state index contributed by atoms with van der Waals surface area (Å²) in [6, 6.07) is 11.4. The minimum absolute atomic E-state index is 0.0294. The standard InChI is InChI=1S/C27H40N4O/c1-18(2)23-13-21(14-24(15-23)19(3)4)17-31-11-9-25(10-12-31)30-27(32)22-7-8-26(28-16-22)29-20(5)6/h7-8,13-16,18-20,25H,9-12,17H2,1-6H3,(H,28,29)(H,30,32). The summed E-state index contributed by atoms with van der Waals surface area (Å²) in [5.41, 5.74) is 4.88. The van der Waals surface area contributed by atoms with E-state index in [1.54, 1.807) is 6.20 Å². The molecule has 0 radical (unpaired) electrons. The fourth-order valence-corrected chi connectivity index (χ4v) is 4.18. The molecule has 1 aliphatic rings. The van der Waals surface area contributed by atoms with Gasteiger partial charge in [0.1, 0.15) is 5.82 Å². The van der Waals surface area contributed by atoms with Gasteiger partial charge in [0.15, 0.2) is 0 Å². The van der Waals surface area contributed by atoms with Crippen molar-refractivity contribution < 1.29 is 4.79 Å². The van der Waals surface area contributed by atoms with Gasteiger partial charge in [-0.05, 0) is 67.3 Å². The molecule has 1 fully saturated rings. The molecule has 0 saturated carbocycles. The molecule has 32 heavy (non-hydrogen) atoms. The van der Waals surface area contributed by atoms with Crippen LogP contribution in [0.15, 0.2) is 36.5 Å². The molecular weight excluding hydrogens is 396 g/mol. The van der Waals surface area contributed by atoms with E-state index in [1.165, 1.54) is 16.7 Å². The number of pyridine rings is 1. The molecular formula is C27H40N4O. The van der Waals surface area contributed by atoms with Gasteiger partial charge in [-0.25, -0.2) is 4.98 Å². The number of amides is 1. The van der Waals surface area contributed by atoms with Crippen LogP contribution < -0.4 is 10.6 Å². The highest BCUT2D eigenvalue weighted by molar-refractivity contribution is 5.94. The number of likely N-dealkylation sites (tertiary alicyclic amines) is 1. The summed E-state index contributed by atoms with van der Waals surface area (Å²) in [7, 11) is 0. The zero-order valence-electron chi connectivity index (χ0n) is 20.6. The van der Waals surface area contributed by atoms with E-state index < -0.39 is 0 Å². The van der Waals surface area contributed by atoms with Crippen LogP contribution in [0.5, 0.6) is 0 Å². The minimum atomic E-state index is -0.0294. The number of rotatable bonds is 8. The van der Waals surface area contributed by atoms with Crippen LogP contribution in [0.25, 0.3) is 0 Å². The highest BCUT2D eigenvalue weighted by atomic mass is 16.1. The van der Waals surface area contributed by atoms with Crippen LogP contribution in [0.1, 0.15) is 93.3 Å². The quantitative estimate of drug-likeness (QED) is 0.570. The molecule has 0 unspecified atom stereocenters. The first-order valence-corrected chi connectivity index (χ1v) is 12.1. The number of carbonyl (C=O) groups excluding carboxylic acids is 1. The summed E-state index contributed by atoms with van der Waals surface area (Å²) in [5.74, 6) is 1.85. The Morgan fingerprint density at radius 2 is 1.62 bits per heavy atom. The summed E-state index contributed by atoms with van der Waals surface area (Å²) in [5, 5.41) is 6.45. The molecule has 5 nitrogen and oxygen atoms in total. The van der Waals surface area contributed by atoms with E-state index in [0.29, 0.717) is 23.4 Å². The monoisotopic (exact) mass is 436 g/mol. The van der Waals surface area contributed by atoms with Gasteiger partial charge in [-0.2, -0.15) is 0 Å². The third kappa shape index (κ3) is 6.80. The number of anilines is 1. The SMILES string of the molecule is CC(C)Nc1ccc(C(=O)NC2CCN(Cc3cc(C(C)C)cc(C(C)C)c3)CC2)cn1. The summed E-state index contributed by atoms with van der Waals surface area (Å²) in [6.45, 7) is 16.2. The summed E-state index contributed by atoms with van der Waals surface area (Å²) >= 11 is 0. The highest BCUT2D eigenvalue weighted by Crippen LogP contribution is 2.25. The molecule has 2 N–H and O–H groups in total. The number of piperidine rings is 1. The number of nitrogens with one attached hydrogen (secondary N) is 2. The van der Waals surface area contributed by atoms with E-state index in [1.807, 2.05) is 12.1 Å². The third-order valence-corrected chi connectivity index (χ3v) is 6.16. The Labute approximate surface area is 194 Å². The smallest absolute Gasteiger partial charge is 0.253 e. The van der Waals surface area contributed by atoms with Gasteiger partial charge >= 0.3 is 0 Å². The molecule has 1 aliphatic heterocycles. The maximum Gasteiger partial charge on any atom is 0.253 e. The summed E-state index contributed by atoms with van der Waals surface area (Å²) < 4.78 is 0. The van der Waals surface area contributed by atoms with E-state index >= 15 is 0 Å². The Morgan fingerprint density at radius 1 is 1.00 bits per heavy atom. The van der Waals surface area contributed by atoms with Crippen LogP contribution in [0.3, 0.4) is 0 Å². The largest absolute Gasteiger partial charge is 0.368 e. The fourth-order valence-electron chi connectivity index (χ4n) is 4.18. The van der Waals surface area contributed by atoms with Crippen LogP contribution >= 0.6 is 0 Å². The fraction of sp³-hybridized carbons (Fsp3) is 0.556. The lowest BCUT2D eigenvalue weighted by molar-refractivity contribution is 0.0908. The predicted molar refractivity (Wildman–Crippen MR) is 133 cm³/mol. The van der Waals surface area contributed by atoms with Crippen molar-refractivity contribution in [2.24, 2.45) is 0 Å². The minimum Gasteiger partial charge on any atom is -0.368 e. The Kier molecular flexibility index (Phi) is 8.30. The summed E-state index contributed by atoms with van der Waals surface area (Å²) in [4.78, 5) is 19.5. The maximum atomic E-state index is 12.6. The molecule has 1 saturated heterocycles. The Hall–Kier alpha value is -2.40. The first-order chi connectivity index (χ1) is 15.2. The van der Waals surface area contributed by atoms with Gasteiger partial charge in [0.2, 0.25) is 0 Å².